The predicted octanol–water partition coefficient (Wildman–Crippen LogP) is 4.15. The van der Waals surface area contributed by atoms with Gasteiger partial charge >= 0.3 is 5.97 Å². The first kappa shape index (κ1) is 31.2. The van der Waals surface area contributed by atoms with Gasteiger partial charge < -0.3 is 30.3 Å². The molecule has 4 saturated carbocycles. The molecule has 0 aromatic rings. The molecule has 5 aliphatic rings. The van der Waals surface area contributed by atoms with Crippen LogP contribution >= 0.6 is 0 Å². The quantitative estimate of drug-likeness (QED) is 0.194. The van der Waals surface area contributed by atoms with Crippen molar-refractivity contribution in [2.45, 2.75) is 118 Å². The molecule has 232 valence electrons. The van der Waals surface area contributed by atoms with E-state index in [1.54, 1.807) is 13.0 Å². The van der Waals surface area contributed by atoms with Crippen LogP contribution in [0.4, 0.5) is 0 Å². The van der Waals surface area contributed by atoms with Crippen molar-refractivity contribution in [1.29, 1.82) is 0 Å². The second-order valence-corrected chi connectivity index (χ2v) is 16.1. The number of carbonyl (C=O) groups excluding carboxylic acids is 1. The molecule has 5 aliphatic carbocycles. The first-order chi connectivity index (χ1) is 19.0. The van der Waals surface area contributed by atoms with Gasteiger partial charge in [-0.2, -0.15) is 0 Å². The van der Waals surface area contributed by atoms with Crippen molar-refractivity contribution in [2.24, 2.45) is 50.2 Å². The maximum Gasteiger partial charge on any atom is 0.330 e. The number of esters is 1. The molecule has 5 rings (SSSR count). The molecular formula is C34H54O7. The van der Waals surface area contributed by atoms with E-state index in [2.05, 4.69) is 33.8 Å². The Balaban J connectivity index is 1.56. The molecule has 0 amide bonds. The zero-order valence-electron chi connectivity index (χ0n) is 26.2. The third-order valence-electron chi connectivity index (χ3n) is 14.0. The molecule has 3 unspecified atom stereocenters. The van der Waals surface area contributed by atoms with Crippen LogP contribution in [0.25, 0.3) is 0 Å². The molecule has 0 spiro atoms. The number of ether oxygens (including phenoxy) is 1. The lowest BCUT2D eigenvalue weighted by molar-refractivity contribution is -0.259. The molecule has 4 fully saturated rings. The van der Waals surface area contributed by atoms with Gasteiger partial charge in [0.2, 0.25) is 0 Å². The molecule has 0 aromatic heterocycles. The lowest BCUT2D eigenvalue weighted by atomic mass is 9.33. The van der Waals surface area contributed by atoms with Gasteiger partial charge in [-0.1, -0.05) is 59.3 Å². The lowest BCUT2D eigenvalue weighted by Crippen LogP contribution is -2.71. The summed E-state index contributed by atoms with van der Waals surface area (Å²) in [5, 5.41) is 56.4. The van der Waals surface area contributed by atoms with Crippen molar-refractivity contribution in [3.8, 4) is 0 Å². The first-order valence-corrected chi connectivity index (χ1v) is 15.8. The molecule has 0 bridgehead atoms. The Labute approximate surface area is 246 Å². The Kier molecular flexibility index (Phi) is 7.52. The van der Waals surface area contributed by atoms with Crippen LogP contribution in [0.1, 0.15) is 93.4 Å². The Bertz CT molecular complexity index is 1110. The van der Waals surface area contributed by atoms with Gasteiger partial charge in [0.05, 0.1) is 43.0 Å². The molecule has 7 nitrogen and oxygen atoms in total. The van der Waals surface area contributed by atoms with E-state index >= 15 is 0 Å². The molecular weight excluding hydrogens is 520 g/mol. The van der Waals surface area contributed by atoms with Crippen molar-refractivity contribution < 1.29 is 35.1 Å². The number of allylic oxidation sites excluding steroid dienone is 3. The van der Waals surface area contributed by atoms with Crippen molar-refractivity contribution in [2.75, 3.05) is 13.2 Å². The minimum atomic E-state index is -1.22. The maximum absolute atomic E-state index is 12.3. The highest BCUT2D eigenvalue weighted by Gasteiger charge is 2.72. The topological polar surface area (TPSA) is 127 Å². The van der Waals surface area contributed by atoms with Gasteiger partial charge in [-0.3, -0.25) is 0 Å². The van der Waals surface area contributed by atoms with E-state index in [0.717, 1.165) is 25.7 Å². The average molecular weight is 575 g/mol. The summed E-state index contributed by atoms with van der Waals surface area (Å²) < 4.78 is 5.69. The number of carbonyl (C=O) groups is 1. The average Bonchev–Trinajstić information content (AvgIpc) is 2.89. The van der Waals surface area contributed by atoms with E-state index in [4.69, 9.17) is 4.74 Å². The minimum Gasteiger partial charge on any atom is -0.462 e. The second-order valence-electron chi connectivity index (χ2n) is 16.1. The number of rotatable bonds is 4. The fraction of sp³-hybridized carbons (Fsp3) is 0.853. The highest BCUT2D eigenvalue weighted by molar-refractivity contribution is 5.81. The number of fused-ring (bicyclic) bond motifs is 7. The number of hydrogen-bond acceptors (Lipinski definition) is 7. The van der Waals surface area contributed by atoms with Gasteiger partial charge in [0.25, 0.3) is 0 Å². The van der Waals surface area contributed by atoms with Crippen LogP contribution in [0.2, 0.25) is 0 Å². The highest BCUT2D eigenvalue weighted by Crippen LogP contribution is 2.75. The summed E-state index contributed by atoms with van der Waals surface area (Å²) >= 11 is 0. The fourth-order valence-corrected chi connectivity index (χ4v) is 11.3. The summed E-state index contributed by atoms with van der Waals surface area (Å²) in [7, 11) is 0. The van der Waals surface area contributed by atoms with Gasteiger partial charge in [0.15, 0.2) is 0 Å². The molecule has 0 aromatic carbocycles. The normalized spacial score (nSPS) is 52.5. The van der Waals surface area contributed by atoms with E-state index in [0.29, 0.717) is 25.2 Å². The van der Waals surface area contributed by atoms with E-state index in [1.807, 2.05) is 13.8 Å². The van der Waals surface area contributed by atoms with Crippen LogP contribution in [-0.2, 0) is 9.53 Å². The molecule has 41 heavy (non-hydrogen) atoms. The largest absolute Gasteiger partial charge is 0.462 e. The van der Waals surface area contributed by atoms with Crippen LogP contribution in [0, 0.1) is 50.2 Å². The van der Waals surface area contributed by atoms with Gasteiger partial charge in [0.1, 0.15) is 0 Å². The SMILES string of the molecule is C/C=C/C(=O)OC[C@]1(C)C2CC[C@]3(C)C(CC=C4C5CC(C)(C)[C@@H](O)[C@H](O)[C@]5(CO)[C@H](O)C[C@]43C)[C@@]2(C)CC[C@@H]1O. The summed E-state index contributed by atoms with van der Waals surface area (Å²) in [6.07, 6.45) is 6.92. The van der Waals surface area contributed by atoms with Gasteiger partial charge in [-0.15, -0.1) is 0 Å². The number of hydrogen-bond donors (Lipinski definition) is 5. The standard InChI is InChI=1S/C34H54O7/c1-8-9-26(38)41-19-31(5)22-12-15-32(6)23(30(22,4)14-13-24(31)36)11-10-20-21-16-29(2,3)27(39)28(40)34(21,18-35)25(37)17-33(20,32)7/h8-10,21-25,27-28,35-37,39-40H,11-19H2,1-7H3/b9-8+/t21?,22?,23?,24-,25+,27-,28-,30-,31+,32+,33+,34-/m0/s1. The first-order valence-electron chi connectivity index (χ1n) is 15.8. The number of aliphatic hydroxyl groups excluding tert-OH is 5. The Morgan fingerprint density at radius 1 is 0.951 bits per heavy atom. The fourth-order valence-electron chi connectivity index (χ4n) is 11.3. The summed E-state index contributed by atoms with van der Waals surface area (Å²) in [5.74, 6) is -0.147. The smallest absolute Gasteiger partial charge is 0.330 e. The van der Waals surface area contributed by atoms with Crippen LogP contribution in [0.5, 0.6) is 0 Å². The van der Waals surface area contributed by atoms with Crippen molar-refractivity contribution in [3.63, 3.8) is 0 Å². The third-order valence-corrected chi connectivity index (χ3v) is 14.0. The predicted molar refractivity (Wildman–Crippen MR) is 156 cm³/mol. The van der Waals surface area contributed by atoms with Crippen LogP contribution < -0.4 is 0 Å². The highest BCUT2D eigenvalue weighted by atomic mass is 16.5. The van der Waals surface area contributed by atoms with Crippen molar-refractivity contribution in [3.05, 3.63) is 23.8 Å². The summed E-state index contributed by atoms with van der Waals surface area (Å²) in [4.78, 5) is 12.3. The van der Waals surface area contributed by atoms with Gasteiger partial charge in [-0.25, -0.2) is 4.79 Å². The van der Waals surface area contributed by atoms with Crippen molar-refractivity contribution in [1.82, 2.24) is 0 Å². The van der Waals surface area contributed by atoms with E-state index < -0.39 is 40.7 Å². The van der Waals surface area contributed by atoms with E-state index in [1.165, 1.54) is 11.6 Å². The molecule has 12 atom stereocenters. The maximum atomic E-state index is 12.3. The zero-order valence-corrected chi connectivity index (χ0v) is 26.2. The molecule has 7 heteroatoms. The van der Waals surface area contributed by atoms with Crippen LogP contribution in [-0.4, -0.2) is 69.1 Å². The molecule has 0 radical (unpaired) electrons. The van der Waals surface area contributed by atoms with E-state index in [-0.39, 0.29) is 47.3 Å². The van der Waals surface area contributed by atoms with Crippen molar-refractivity contribution >= 4 is 5.97 Å². The van der Waals surface area contributed by atoms with E-state index in [9.17, 15) is 30.3 Å². The monoisotopic (exact) mass is 574 g/mol. The number of aliphatic hydroxyl groups is 5. The molecule has 0 heterocycles. The second kappa shape index (κ2) is 9.88. The molecule has 0 saturated heterocycles. The Morgan fingerprint density at radius 2 is 1.63 bits per heavy atom. The molecule has 0 aliphatic heterocycles. The summed E-state index contributed by atoms with van der Waals surface area (Å²) in [6, 6.07) is 0. The molecule has 5 N–H and O–H groups in total. The van der Waals surface area contributed by atoms with Crippen LogP contribution in [0.15, 0.2) is 23.8 Å². The lowest BCUT2D eigenvalue weighted by Gasteiger charge is -2.72. The minimum absolute atomic E-state index is 0.100. The zero-order chi connectivity index (χ0) is 30.4. The summed E-state index contributed by atoms with van der Waals surface area (Å²) in [5.41, 5.74) is -1.67. The third kappa shape index (κ3) is 3.97. The van der Waals surface area contributed by atoms with Crippen LogP contribution in [0.3, 0.4) is 0 Å². The van der Waals surface area contributed by atoms with Gasteiger partial charge in [0, 0.05) is 11.5 Å². The van der Waals surface area contributed by atoms with Gasteiger partial charge in [-0.05, 0) is 91.3 Å². The Hall–Kier alpha value is -1.25. The summed E-state index contributed by atoms with van der Waals surface area (Å²) in [6.45, 7) is 14.7. The Morgan fingerprint density at radius 3 is 2.27 bits per heavy atom.